The molecule has 2 aromatic rings. The topological polar surface area (TPSA) is 101 Å². The molecule has 2 aromatic heterocycles. The summed E-state index contributed by atoms with van der Waals surface area (Å²) in [5, 5.41) is 6.69. The summed E-state index contributed by atoms with van der Waals surface area (Å²) in [5.41, 5.74) is 0.803. The average molecular weight is 345 g/mol. The van der Waals surface area contributed by atoms with Crippen LogP contribution in [0.2, 0.25) is 0 Å². The molecule has 2 rings (SSSR count). The van der Waals surface area contributed by atoms with Crippen LogP contribution in [-0.4, -0.2) is 51.0 Å². The Morgan fingerprint density at radius 2 is 2.00 bits per heavy atom. The summed E-state index contributed by atoms with van der Waals surface area (Å²) in [6.45, 7) is 6.13. The summed E-state index contributed by atoms with van der Waals surface area (Å²) in [6.07, 6.45) is 3.84. The fraction of sp³-hybridized carbons (Fsp3) is 0.471. The number of hydrogen-bond acceptors (Lipinski definition) is 6. The summed E-state index contributed by atoms with van der Waals surface area (Å²) < 4.78 is 5.19. The van der Waals surface area contributed by atoms with Crippen molar-refractivity contribution in [1.82, 2.24) is 25.3 Å². The van der Waals surface area contributed by atoms with Crippen LogP contribution in [0.3, 0.4) is 0 Å². The Hall–Kier alpha value is -2.77. The van der Waals surface area contributed by atoms with Crippen LogP contribution in [0.15, 0.2) is 29.0 Å². The molecule has 0 saturated carbocycles. The van der Waals surface area contributed by atoms with Crippen molar-refractivity contribution in [3.05, 3.63) is 30.4 Å². The van der Waals surface area contributed by atoms with Crippen LogP contribution in [0.25, 0.3) is 11.4 Å². The van der Waals surface area contributed by atoms with Crippen molar-refractivity contribution in [3.63, 3.8) is 0 Å². The lowest BCUT2D eigenvalue weighted by Crippen LogP contribution is -2.42. The largest absolute Gasteiger partial charge is 0.352 e. The summed E-state index contributed by atoms with van der Waals surface area (Å²) in [5.74, 6) is 0.574. The SMILES string of the molecule is CCN(CC(=O)NC(C)C)C(=O)CCc1nc(-c2ccncc2)no1. The molecule has 0 aliphatic heterocycles. The number of aryl methyl sites for hydroxylation is 1. The van der Waals surface area contributed by atoms with Gasteiger partial charge in [0.1, 0.15) is 0 Å². The lowest BCUT2D eigenvalue weighted by molar-refractivity contribution is -0.136. The molecule has 0 aliphatic rings. The Morgan fingerprint density at radius 1 is 1.28 bits per heavy atom. The molecule has 0 radical (unpaired) electrons. The number of carbonyl (C=O) groups excluding carboxylic acids is 2. The maximum Gasteiger partial charge on any atom is 0.239 e. The molecule has 25 heavy (non-hydrogen) atoms. The molecule has 0 aliphatic carbocycles. The van der Waals surface area contributed by atoms with Crippen LogP contribution in [0, 0.1) is 0 Å². The highest BCUT2D eigenvalue weighted by molar-refractivity contribution is 5.84. The Bertz CT molecular complexity index is 699. The maximum absolute atomic E-state index is 12.3. The highest BCUT2D eigenvalue weighted by atomic mass is 16.5. The Balaban J connectivity index is 1.88. The predicted molar refractivity (Wildman–Crippen MR) is 91.4 cm³/mol. The number of amides is 2. The molecule has 0 fully saturated rings. The zero-order valence-electron chi connectivity index (χ0n) is 14.7. The van der Waals surface area contributed by atoms with Crippen LogP contribution in [0.1, 0.15) is 33.1 Å². The van der Waals surface area contributed by atoms with Crippen LogP contribution >= 0.6 is 0 Å². The van der Waals surface area contributed by atoms with Gasteiger partial charge in [0, 0.05) is 43.4 Å². The van der Waals surface area contributed by atoms with Gasteiger partial charge in [-0.3, -0.25) is 14.6 Å². The second kappa shape index (κ2) is 8.91. The Kier molecular flexibility index (Phi) is 6.62. The summed E-state index contributed by atoms with van der Waals surface area (Å²) in [7, 11) is 0. The van der Waals surface area contributed by atoms with E-state index >= 15 is 0 Å². The smallest absolute Gasteiger partial charge is 0.239 e. The Labute approximate surface area is 146 Å². The van der Waals surface area contributed by atoms with Crippen molar-refractivity contribution < 1.29 is 14.1 Å². The standard InChI is InChI=1S/C17H23N5O3/c1-4-22(11-14(23)19-12(2)3)16(24)6-5-15-20-17(21-25-15)13-7-9-18-10-8-13/h7-10,12H,4-6,11H2,1-3H3,(H,19,23). The molecule has 0 bridgehead atoms. The average Bonchev–Trinajstić information content (AvgIpc) is 3.06. The van der Waals surface area contributed by atoms with E-state index in [4.69, 9.17) is 4.52 Å². The molecule has 1 N–H and O–H groups in total. The zero-order valence-corrected chi connectivity index (χ0v) is 14.7. The monoisotopic (exact) mass is 345 g/mol. The van der Waals surface area contributed by atoms with Crippen LogP contribution < -0.4 is 5.32 Å². The second-order valence-corrected chi connectivity index (χ2v) is 5.88. The van der Waals surface area contributed by atoms with Crippen molar-refractivity contribution in [1.29, 1.82) is 0 Å². The van der Waals surface area contributed by atoms with Gasteiger partial charge in [0.25, 0.3) is 0 Å². The van der Waals surface area contributed by atoms with Gasteiger partial charge in [-0.1, -0.05) is 5.16 Å². The number of nitrogens with zero attached hydrogens (tertiary/aromatic N) is 4. The van der Waals surface area contributed by atoms with Crippen molar-refractivity contribution in [2.75, 3.05) is 13.1 Å². The molecule has 8 heteroatoms. The van der Waals surface area contributed by atoms with Crippen molar-refractivity contribution in [2.24, 2.45) is 0 Å². The number of hydrogen-bond donors (Lipinski definition) is 1. The van der Waals surface area contributed by atoms with Crippen molar-refractivity contribution in [3.8, 4) is 11.4 Å². The van der Waals surface area contributed by atoms with Crippen LogP contribution in [0.5, 0.6) is 0 Å². The minimum atomic E-state index is -0.164. The number of rotatable bonds is 8. The molecule has 0 spiro atoms. The first-order valence-corrected chi connectivity index (χ1v) is 8.29. The highest BCUT2D eigenvalue weighted by Crippen LogP contribution is 2.14. The third-order valence-electron chi connectivity index (χ3n) is 3.48. The van der Waals surface area contributed by atoms with Gasteiger partial charge in [-0.2, -0.15) is 4.98 Å². The first-order chi connectivity index (χ1) is 12.0. The molecule has 0 atom stereocenters. The lowest BCUT2D eigenvalue weighted by atomic mass is 10.2. The van der Waals surface area contributed by atoms with E-state index in [9.17, 15) is 9.59 Å². The van der Waals surface area contributed by atoms with E-state index in [1.807, 2.05) is 20.8 Å². The number of aromatic nitrogens is 3. The van der Waals surface area contributed by atoms with Gasteiger partial charge in [0.05, 0.1) is 6.54 Å². The third kappa shape index (κ3) is 5.66. The molecular weight excluding hydrogens is 322 g/mol. The number of pyridine rings is 1. The molecule has 2 amide bonds. The first-order valence-electron chi connectivity index (χ1n) is 8.29. The normalized spacial score (nSPS) is 10.7. The van der Waals surface area contributed by atoms with Gasteiger partial charge in [0.2, 0.25) is 23.5 Å². The number of likely N-dealkylation sites (N-methyl/N-ethyl adjacent to an activating group) is 1. The van der Waals surface area contributed by atoms with E-state index in [1.54, 1.807) is 24.5 Å². The summed E-state index contributed by atoms with van der Waals surface area (Å²) in [6, 6.07) is 3.61. The summed E-state index contributed by atoms with van der Waals surface area (Å²) in [4.78, 5) is 33.8. The van der Waals surface area contributed by atoms with E-state index < -0.39 is 0 Å². The van der Waals surface area contributed by atoms with Gasteiger partial charge >= 0.3 is 0 Å². The zero-order chi connectivity index (χ0) is 18.2. The van der Waals surface area contributed by atoms with E-state index in [0.29, 0.717) is 24.7 Å². The first kappa shape index (κ1) is 18.6. The minimum Gasteiger partial charge on any atom is -0.352 e. The lowest BCUT2D eigenvalue weighted by Gasteiger charge is -2.20. The fourth-order valence-corrected chi connectivity index (χ4v) is 2.26. The minimum absolute atomic E-state index is 0.0475. The molecule has 8 nitrogen and oxygen atoms in total. The van der Waals surface area contributed by atoms with E-state index in [2.05, 4.69) is 20.4 Å². The Morgan fingerprint density at radius 3 is 2.64 bits per heavy atom. The molecule has 2 heterocycles. The molecule has 134 valence electrons. The van der Waals surface area contributed by atoms with E-state index in [1.165, 1.54) is 4.90 Å². The molecule has 0 saturated heterocycles. The van der Waals surface area contributed by atoms with Gasteiger partial charge in [-0.25, -0.2) is 0 Å². The van der Waals surface area contributed by atoms with Gasteiger partial charge in [0.15, 0.2) is 0 Å². The third-order valence-corrected chi connectivity index (χ3v) is 3.48. The number of carbonyl (C=O) groups is 2. The maximum atomic E-state index is 12.3. The molecule has 0 aromatic carbocycles. The highest BCUT2D eigenvalue weighted by Gasteiger charge is 2.17. The van der Waals surface area contributed by atoms with Crippen LogP contribution in [0.4, 0.5) is 0 Å². The second-order valence-electron chi connectivity index (χ2n) is 5.88. The fourth-order valence-electron chi connectivity index (χ4n) is 2.26. The quantitative estimate of drug-likeness (QED) is 0.777. The molecular formula is C17H23N5O3. The predicted octanol–water partition coefficient (Wildman–Crippen LogP) is 1.44. The van der Waals surface area contributed by atoms with Crippen LogP contribution in [-0.2, 0) is 16.0 Å². The van der Waals surface area contributed by atoms with Gasteiger partial charge < -0.3 is 14.7 Å². The summed E-state index contributed by atoms with van der Waals surface area (Å²) >= 11 is 0. The van der Waals surface area contributed by atoms with E-state index in [-0.39, 0.29) is 30.8 Å². The number of nitrogens with one attached hydrogen (secondary N) is 1. The van der Waals surface area contributed by atoms with Crippen molar-refractivity contribution in [2.45, 2.75) is 39.7 Å². The van der Waals surface area contributed by atoms with Gasteiger partial charge in [-0.15, -0.1) is 0 Å². The molecule has 0 unspecified atom stereocenters. The van der Waals surface area contributed by atoms with Crippen molar-refractivity contribution >= 4 is 11.8 Å². The van der Waals surface area contributed by atoms with Gasteiger partial charge in [-0.05, 0) is 32.9 Å². The van der Waals surface area contributed by atoms with E-state index in [0.717, 1.165) is 5.56 Å².